The van der Waals surface area contributed by atoms with Crippen molar-refractivity contribution in [3.63, 3.8) is 0 Å². The zero-order valence-electron chi connectivity index (χ0n) is 14.1. The highest BCUT2D eigenvalue weighted by atomic mass is 16.1. The molecule has 122 valence electrons. The third-order valence-corrected chi connectivity index (χ3v) is 4.56. The minimum absolute atomic E-state index is 0.144. The van der Waals surface area contributed by atoms with E-state index in [9.17, 15) is 10.1 Å². The van der Waals surface area contributed by atoms with Gasteiger partial charge in [0.15, 0.2) is 0 Å². The Balaban J connectivity index is 2.23. The summed E-state index contributed by atoms with van der Waals surface area (Å²) in [7, 11) is 0. The molecule has 1 heterocycles. The molecule has 2 aromatic rings. The molecule has 0 aliphatic carbocycles. The summed E-state index contributed by atoms with van der Waals surface area (Å²) in [5, 5.41) is 12.5. The van der Waals surface area contributed by atoms with Crippen molar-refractivity contribution in [3.05, 3.63) is 53.1 Å². The highest BCUT2D eigenvalue weighted by Crippen LogP contribution is 2.37. The van der Waals surface area contributed by atoms with Crippen molar-refractivity contribution in [2.75, 3.05) is 18.4 Å². The zero-order chi connectivity index (χ0) is 17.1. The van der Waals surface area contributed by atoms with E-state index < -0.39 is 0 Å². The molecule has 4 heteroatoms. The summed E-state index contributed by atoms with van der Waals surface area (Å²) in [6.07, 6.45) is 0.922. The highest BCUT2D eigenvalue weighted by molar-refractivity contribution is 5.93. The fraction of sp³-hybridized carbons (Fsp3) is 0.300. The van der Waals surface area contributed by atoms with Gasteiger partial charge in [0, 0.05) is 20.0 Å². The maximum absolute atomic E-state index is 11.6. The lowest BCUT2D eigenvalue weighted by Crippen LogP contribution is -2.31. The smallest absolute Gasteiger partial charge is 0.221 e. The van der Waals surface area contributed by atoms with Crippen molar-refractivity contribution in [2.45, 2.75) is 26.8 Å². The maximum atomic E-state index is 11.6. The number of likely N-dealkylation sites (N-methyl/N-ethyl adjacent to an activating group) is 1. The van der Waals surface area contributed by atoms with Crippen LogP contribution in [0.4, 0.5) is 5.69 Å². The van der Waals surface area contributed by atoms with Crippen LogP contribution in [0.25, 0.3) is 11.1 Å². The molecule has 2 aromatic carbocycles. The van der Waals surface area contributed by atoms with Gasteiger partial charge in [-0.25, -0.2) is 0 Å². The molecule has 1 N–H and O–H groups in total. The summed E-state index contributed by atoms with van der Waals surface area (Å²) in [6.45, 7) is 6.33. The van der Waals surface area contributed by atoms with E-state index >= 15 is 0 Å². The number of nitrogens with one attached hydrogen (secondary N) is 1. The van der Waals surface area contributed by atoms with Crippen LogP contribution in [0.2, 0.25) is 0 Å². The van der Waals surface area contributed by atoms with Crippen molar-refractivity contribution in [1.29, 1.82) is 5.26 Å². The normalized spacial score (nSPS) is 13.9. The van der Waals surface area contributed by atoms with Crippen LogP contribution in [0, 0.1) is 11.3 Å². The number of benzene rings is 2. The number of carbonyl (C=O) groups is 1. The van der Waals surface area contributed by atoms with Crippen LogP contribution >= 0.6 is 0 Å². The first kappa shape index (κ1) is 16.2. The number of rotatable bonds is 3. The van der Waals surface area contributed by atoms with Gasteiger partial charge in [-0.15, -0.1) is 0 Å². The molecule has 24 heavy (non-hydrogen) atoms. The topological polar surface area (TPSA) is 56.1 Å². The van der Waals surface area contributed by atoms with Crippen molar-refractivity contribution >= 4 is 11.6 Å². The third-order valence-electron chi connectivity index (χ3n) is 4.56. The molecule has 1 aliphatic rings. The second-order valence-corrected chi connectivity index (χ2v) is 6.08. The molecule has 0 bridgehead atoms. The van der Waals surface area contributed by atoms with Crippen LogP contribution in [-0.4, -0.2) is 23.9 Å². The molecule has 3 rings (SSSR count). The number of carbonyl (C=O) groups excluding carboxylic acids is 1. The Labute approximate surface area is 142 Å². The molecule has 0 unspecified atom stereocenters. The molecular weight excluding hydrogens is 298 g/mol. The molecule has 4 nitrogen and oxygen atoms in total. The number of anilines is 1. The molecule has 0 saturated heterocycles. The average Bonchev–Trinajstić information content (AvgIpc) is 2.61. The third kappa shape index (κ3) is 3.04. The average molecular weight is 319 g/mol. The van der Waals surface area contributed by atoms with Crippen molar-refractivity contribution in [1.82, 2.24) is 4.90 Å². The molecule has 0 aromatic heterocycles. The van der Waals surface area contributed by atoms with Crippen LogP contribution in [-0.2, 0) is 17.8 Å². The van der Waals surface area contributed by atoms with E-state index in [1.807, 2.05) is 24.3 Å². The number of fused-ring (bicyclic) bond motifs is 1. The second kappa shape index (κ2) is 6.86. The van der Waals surface area contributed by atoms with E-state index in [4.69, 9.17) is 0 Å². The fourth-order valence-electron chi connectivity index (χ4n) is 3.36. The SMILES string of the molecule is CCN1CCc2c(-c3ccccc3)cc(C#N)c(NC(C)=O)c2C1. The van der Waals surface area contributed by atoms with E-state index in [-0.39, 0.29) is 5.91 Å². The molecule has 0 fully saturated rings. The van der Waals surface area contributed by atoms with Gasteiger partial charge in [0.25, 0.3) is 0 Å². The Morgan fingerprint density at radius 3 is 2.67 bits per heavy atom. The highest BCUT2D eigenvalue weighted by Gasteiger charge is 2.24. The first-order valence-corrected chi connectivity index (χ1v) is 8.28. The van der Waals surface area contributed by atoms with Gasteiger partial charge in [0.2, 0.25) is 5.91 Å². The Morgan fingerprint density at radius 2 is 2.04 bits per heavy atom. The number of nitriles is 1. The Bertz CT molecular complexity index is 806. The first-order chi connectivity index (χ1) is 11.6. The number of amides is 1. The summed E-state index contributed by atoms with van der Waals surface area (Å²) in [5.41, 5.74) is 5.75. The van der Waals surface area contributed by atoms with Gasteiger partial charge in [-0.3, -0.25) is 9.69 Å². The minimum atomic E-state index is -0.144. The monoisotopic (exact) mass is 319 g/mol. The van der Waals surface area contributed by atoms with E-state index in [1.54, 1.807) is 0 Å². The Hall–Kier alpha value is -2.64. The second-order valence-electron chi connectivity index (χ2n) is 6.08. The van der Waals surface area contributed by atoms with E-state index in [0.29, 0.717) is 11.3 Å². The summed E-state index contributed by atoms with van der Waals surface area (Å²) >= 11 is 0. The number of hydrogen-bond acceptors (Lipinski definition) is 3. The first-order valence-electron chi connectivity index (χ1n) is 8.28. The minimum Gasteiger partial charge on any atom is -0.325 e. The largest absolute Gasteiger partial charge is 0.325 e. The van der Waals surface area contributed by atoms with Crippen LogP contribution in [0.15, 0.2) is 36.4 Å². The standard InChI is InChI=1S/C20H21N3O/c1-3-23-10-9-17-18(15-7-5-4-6-8-15)11-16(12-21)20(19(17)13-23)22-14(2)24/h4-8,11H,3,9-10,13H2,1-2H3,(H,22,24). The fourth-order valence-corrected chi connectivity index (χ4v) is 3.36. The lowest BCUT2D eigenvalue weighted by Gasteiger charge is -2.31. The quantitative estimate of drug-likeness (QED) is 0.941. The van der Waals surface area contributed by atoms with Crippen molar-refractivity contribution < 1.29 is 4.79 Å². The molecular formula is C20H21N3O. The molecule has 1 amide bonds. The van der Waals surface area contributed by atoms with Gasteiger partial charge >= 0.3 is 0 Å². The Morgan fingerprint density at radius 1 is 1.29 bits per heavy atom. The molecule has 0 atom stereocenters. The zero-order valence-corrected chi connectivity index (χ0v) is 14.1. The van der Waals surface area contributed by atoms with Crippen molar-refractivity contribution in [3.8, 4) is 17.2 Å². The summed E-state index contributed by atoms with van der Waals surface area (Å²) in [6, 6.07) is 14.3. The maximum Gasteiger partial charge on any atom is 0.221 e. The van der Waals surface area contributed by atoms with Crippen LogP contribution < -0.4 is 5.32 Å². The van der Waals surface area contributed by atoms with Gasteiger partial charge in [-0.05, 0) is 41.3 Å². The van der Waals surface area contributed by atoms with Gasteiger partial charge in [-0.2, -0.15) is 5.26 Å². The molecule has 0 spiro atoms. The molecule has 1 aliphatic heterocycles. The summed E-state index contributed by atoms with van der Waals surface area (Å²) < 4.78 is 0. The van der Waals surface area contributed by atoms with Gasteiger partial charge in [0.05, 0.1) is 11.3 Å². The van der Waals surface area contributed by atoms with E-state index in [0.717, 1.165) is 42.7 Å². The van der Waals surface area contributed by atoms with Gasteiger partial charge < -0.3 is 5.32 Å². The van der Waals surface area contributed by atoms with Crippen LogP contribution in [0.1, 0.15) is 30.5 Å². The Kier molecular flexibility index (Phi) is 4.64. The lowest BCUT2D eigenvalue weighted by atomic mass is 9.87. The summed E-state index contributed by atoms with van der Waals surface area (Å²) in [5.74, 6) is -0.144. The lowest BCUT2D eigenvalue weighted by molar-refractivity contribution is -0.114. The number of hydrogen-bond donors (Lipinski definition) is 1. The van der Waals surface area contributed by atoms with Crippen LogP contribution in [0.3, 0.4) is 0 Å². The van der Waals surface area contributed by atoms with E-state index in [2.05, 4.69) is 35.3 Å². The summed E-state index contributed by atoms with van der Waals surface area (Å²) in [4.78, 5) is 14.0. The predicted molar refractivity (Wildman–Crippen MR) is 95.6 cm³/mol. The van der Waals surface area contributed by atoms with Gasteiger partial charge in [-0.1, -0.05) is 37.3 Å². The van der Waals surface area contributed by atoms with E-state index in [1.165, 1.54) is 12.5 Å². The van der Waals surface area contributed by atoms with Gasteiger partial charge in [0.1, 0.15) is 6.07 Å². The van der Waals surface area contributed by atoms with Crippen molar-refractivity contribution in [2.24, 2.45) is 0 Å². The predicted octanol–water partition coefficient (Wildman–Crippen LogP) is 3.56. The molecule has 0 saturated carbocycles. The molecule has 0 radical (unpaired) electrons. The number of nitrogens with zero attached hydrogens (tertiary/aromatic N) is 2. The van der Waals surface area contributed by atoms with Crippen LogP contribution in [0.5, 0.6) is 0 Å².